The maximum atomic E-state index is 6.32. The predicted octanol–water partition coefficient (Wildman–Crippen LogP) is 4.11. The molecule has 25 heavy (non-hydrogen) atoms. The van der Waals surface area contributed by atoms with Crippen molar-refractivity contribution < 1.29 is 0 Å². The molecule has 3 aromatic rings. The van der Waals surface area contributed by atoms with Gasteiger partial charge < -0.3 is 4.98 Å². The van der Waals surface area contributed by atoms with Crippen LogP contribution in [0.4, 0.5) is 0 Å². The van der Waals surface area contributed by atoms with Gasteiger partial charge >= 0.3 is 0 Å². The first-order valence-electron chi connectivity index (χ1n) is 8.86. The van der Waals surface area contributed by atoms with Gasteiger partial charge in [-0.15, -0.1) is 0 Å². The lowest BCUT2D eigenvalue weighted by atomic mass is 9.99. The molecule has 1 aliphatic carbocycles. The van der Waals surface area contributed by atoms with E-state index in [-0.39, 0.29) is 0 Å². The second kappa shape index (κ2) is 6.00. The fourth-order valence-electron chi connectivity index (χ4n) is 3.76. The molecule has 5 rings (SSSR count). The van der Waals surface area contributed by atoms with Gasteiger partial charge in [-0.05, 0) is 37.0 Å². The number of fused-ring (bicyclic) bond motifs is 1. The minimum atomic E-state index is 0.638. The summed E-state index contributed by atoms with van der Waals surface area (Å²) in [7, 11) is 0. The van der Waals surface area contributed by atoms with Gasteiger partial charge in [0.15, 0.2) is 5.15 Å². The molecule has 6 heteroatoms. The van der Waals surface area contributed by atoms with E-state index in [1.54, 1.807) is 0 Å². The van der Waals surface area contributed by atoms with Crippen LogP contribution in [0.3, 0.4) is 0 Å². The molecule has 0 unspecified atom stereocenters. The highest BCUT2D eigenvalue weighted by atomic mass is 35.5. The Kier molecular flexibility index (Phi) is 3.64. The molecule has 1 fully saturated rings. The minimum Gasteiger partial charge on any atom is -0.346 e. The van der Waals surface area contributed by atoms with Crippen molar-refractivity contribution in [2.45, 2.75) is 31.7 Å². The molecule has 4 heterocycles. The van der Waals surface area contributed by atoms with Crippen LogP contribution >= 0.6 is 11.6 Å². The monoisotopic (exact) mass is 353 g/mol. The van der Waals surface area contributed by atoms with Crippen molar-refractivity contribution in [3.05, 3.63) is 52.6 Å². The summed E-state index contributed by atoms with van der Waals surface area (Å²) in [5, 5.41) is 9.21. The molecule has 0 atom stereocenters. The summed E-state index contributed by atoms with van der Waals surface area (Å²) in [6.07, 6.45) is 9.79. The van der Waals surface area contributed by atoms with Gasteiger partial charge in [-0.3, -0.25) is 10.00 Å². The average molecular weight is 354 g/mol. The number of H-pyrrole nitrogens is 2. The number of aromatic nitrogens is 4. The number of pyridine rings is 1. The Morgan fingerprint density at radius 1 is 1.32 bits per heavy atom. The lowest BCUT2D eigenvalue weighted by molar-refractivity contribution is 0.293. The molecular weight excluding hydrogens is 334 g/mol. The first kappa shape index (κ1) is 15.2. The first-order valence-corrected chi connectivity index (χ1v) is 9.24. The Labute approximate surface area is 151 Å². The Morgan fingerprint density at radius 3 is 3.04 bits per heavy atom. The van der Waals surface area contributed by atoms with Crippen LogP contribution in [0.2, 0.25) is 5.15 Å². The summed E-state index contributed by atoms with van der Waals surface area (Å²) in [6.45, 7) is 2.85. The van der Waals surface area contributed by atoms with Crippen molar-refractivity contribution in [1.29, 1.82) is 0 Å². The van der Waals surface area contributed by atoms with E-state index in [0.29, 0.717) is 11.1 Å². The van der Waals surface area contributed by atoms with E-state index in [1.165, 1.54) is 40.6 Å². The summed E-state index contributed by atoms with van der Waals surface area (Å²) < 4.78 is 0. The molecule has 3 aromatic heterocycles. The fraction of sp³-hybridized carbons (Fsp3) is 0.368. The predicted molar refractivity (Wildman–Crippen MR) is 99.5 cm³/mol. The third kappa shape index (κ3) is 2.77. The van der Waals surface area contributed by atoms with E-state index >= 15 is 0 Å². The molecule has 0 aromatic carbocycles. The number of aromatic amines is 2. The minimum absolute atomic E-state index is 0.638. The Morgan fingerprint density at radius 2 is 2.24 bits per heavy atom. The largest absolute Gasteiger partial charge is 0.346 e. The normalized spacial score (nSPS) is 18.7. The molecule has 1 aliphatic heterocycles. The van der Waals surface area contributed by atoms with Crippen LogP contribution in [-0.4, -0.2) is 38.2 Å². The molecule has 0 amide bonds. The molecule has 5 nitrogen and oxygen atoms in total. The van der Waals surface area contributed by atoms with E-state index < -0.39 is 0 Å². The summed E-state index contributed by atoms with van der Waals surface area (Å²) in [4.78, 5) is 10.1. The van der Waals surface area contributed by atoms with Crippen molar-refractivity contribution in [3.63, 3.8) is 0 Å². The summed E-state index contributed by atoms with van der Waals surface area (Å²) in [5.74, 6) is 0.643. The summed E-state index contributed by atoms with van der Waals surface area (Å²) in [6, 6.07) is 4.13. The number of hydrogen-bond donors (Lipinski definition) is 2. The van der Waals surface area contributed by atoms with E-state index in [1.807, 2.05) is 12.3 Å². The number of rotatable bonds is 4. The summed E-state index contributed by atoms with van der Waals surface area (Å²) >= 11 is 6.32. The molecule has 2 aliphatic rings. The van der Waals surface area contributed by atoms with Gasteiger partial charge in [-0.2, -0.15) is 5.10 Å². The molecule has 0 bridgehead atoms. The lowest BCUT2D eigenvalue weighted by Crippen LogP contribution is -2.28. The first-order chi connectivity index (χ1) is 12.3. The van der Waals surface area contributed by atoms with Crippen LogP contribution in [0.5, 0.6) is 0 Å². The van der Waals surface area contributed by atoms with Gasteiger partial charge in [-0.25, -0.2) is 4.98 Å². The lowest BCUT2D eigenvalue weighted by Gasteiger charge is -2.26. The van der Waals surface area contributed by atoms with Crippen molar-refractivity contribution in [1.82, 2.24) is 25.1 Å². The molecular formula is C19H20ClN5. The number of nitrogens with one attached hydrogen (secondary N) is 2. The van der Waals surface area contributed by atoms with E-state index in [0.717, 1.165) is 31.7 Å². The van der Waals surface area contributed by atoms with Gasteiger partial charge in [0.05, 0.1) is 0 Å². The number of halogens is 1. The summed E-state index contributed by atoms with van der Waals surface area (Å²) in [5.41, 5.74) is 6.08. The van der Waals surface area contributed by atoms with Crippen LogP contribution in [0.1, 0.15) is 42.0 Å². The molecule has 0 saturated heterocycles. The standard InChI is InChI=1S/C19H20ClN5/c20-18-16(17(23-24-18)13-3-4-13)11-25-8-5-12(6-9-25)15-10-22-19-14(15)2-1-7-21-19/h1-2,5,7,10,13H,3-4,6,8-9,11H2,(H,21,22)(H,23,24). The Hall–Kier alpha value is -2.11. The molecule has 0 radical (unpaired) electrons. The van der Waals surface area contributed by atoms with Gasteiger partial charge in [-0.1, -0.05) is 17.7 Å². The van der Waals surface area contributed by atoms with Crippen LogP contribution in [-0.2, 0) is 6.54 Å². The number of hydrogen-bond acceptors (Lipinski definition) is 3. The second-order valence-corrected chi connectivity index (χ2v) is 7.36. The smallest absolute Gasteiger partial charge is 0.155 e. The Bertz CT molecular complexity index is 950. The van der Waals surface area contributed by atoms with Gasteiger partial charge in [0.2, 0.25) is 0 Å². The SMILES string of the molecule is Clc1n[nH]c(C2CC2)c1CN1CC=C(c2c[nH]c3ncccc23)CC1. The fourth-order valence-corrected chi connectivity index (χ4v) is 3.96. The van der Waals surface area contributed by atoms with Gasteiger partial charge in [0, 0.05) is 60.2 Å². The second-order valence-electron chi connectivity index (χ2n) is 7.00. The molecule has 2 N–H and O–H groups in total. The van der Waals surface area contributed by atoms with E-state index in [4.69, 9.17) is 11.6 Å². The molecule has 128 valence electrons. The van der Waals surface area contributed by atoms with Crippen molar-refractivity contribution in [2.75, 3.05) is 13.1 Å². The van der Waals surface area contributed by atoms with Gasteiger partial charge in [0.1, 0.15) is 5.65 Å². The Balaban J connectivity index is 1.35. The highest BCUT2D eigenvalue weighted by molar-refractivity contribution is 6.30. The molecule has 1 saturated carbocycles. The van der Waals surface area contributed by atoms with Crippen LogP contribution in [0.25, 0.3) is 16.6 Å². The van der Waals surface area contributed by atoms with Crippen LogP contribution in [0.15, 0.2) is 30.6 Å². The average Bonchev–Trinajstić information content (AvgIpc) is 3.30. The van der Waals surface area contributed by atoms with E-state index in [9.17, 15) is 0 Å². The topological polar surface area (TPSA) is 60.6 Å². The van der Waals surface area contributed by atoms with Crippen molar-refractivity contribution >= 4 is 28.2 Å². The number of nitrogens with zero attached hydrogens (tertiary/aromatic N) is 3. The highest BCUT2D eigenvalue weighted by Crippen LogP contribution is 2.42. The third-order valence-corrected chi connectivity index (χ3v) is 5.62. The zero-order valence-electron chi connectivity index (χ0n) is 13.9. The highest BCUT2D eigenvalue weighted by Gasteiger charge is 2.30. The van der Waals surface area contributed by atoms with Gasteiger partial charge in [0.25, 0.3) is 0 Å². The zero-order chi connectivity index (χ0) is 16.8. The van der Waals surface area contributed by atoms with E-state index in [2.05, 4.69) is 43.4 Å². The third-order valence-electron chi connectivity index (χ3n) is 5.31. The van der Waals surface area contributed by atoms with Crippen LogP contribution < -0.4 is 0 Å². The maximum Gasteiger partial charge on any atom is 0.155 e. The zero-order valence-corrected chi connectivity index (χ0v) is 14.7. The van der Waals surface area contributed by atoms with Crippen molar-refractivity contribution in [2.24, 2.45) is 0 Å². The molecule has 0 spiro atoms. The van der Waals surface area contributed by atoms with Crippen LogP contribution in [0, 0.1) is 0 Å². The maximum absolute atomic E-state index is 6.32. The quantitative estimate of drug-likeness (QED) is 0.742. The van der Waals surface area contributed by atoms with Crippen molar-refractivity contribution in [3.8, 4) is 0 Å².